The van der Waals surface area contributed by atoms with Gasteiger partial charge in [-0.25, -0.2) is 0 Å². The molecule has 0 spiro atoms. The molecule has 4 rings (SSSR count). The average molecular weight is 462 g/mol. The molecule has 0 aromatic carbocycles. The Morgan fingerprint density at radius 3 is 2.45 bits per heavy atom. The molecule has 4 saturated carbocycles. The lowest BCUT2D eigenvalue weighted by Gasteiger charge is -2.63. The number of carboxylic acids is 1. The summed E-state index contributed by atoms with van der Waals surface area (Å²) in [6.45, 7) is 12.3. The molecule has 4 heteroatoms. The van der Waals surface area contributed by atoms with Crippen LogP contribution < -0.4 is 5.32 Å². The molecule has 0 aromatic heterocycles. The summed E-state index contributed by atoms with van der Waals surface area (Å²) < 4.78 is 0. The van der Waals surface area contributed by atoms with E-state index in [9.17, 15) is 15.0 Å². The number of hydrogen-bond acceptors (Lipinski definition) is 3. The highest BCUT2D eigenvalue weighted by atomic mass is 16.4. The average Bonchev–Trinajstić information content (AvgIpc) is 3.09. The van der Waals surface area contributed by atoms with Crippen LogP contribution in [0.25, 0.3) is 0 Å². The van der Waals surface area contributed by atoms with E-state index >= 15 is 0 Å². The van der Waals surface area contributed by atoms with Crippen molar-refractivity contribution < 1.29 is 15.0 Å². The van der Waals surface area contributed by atoms with Gasteiger partial charge in [0.2, 0.25) is 0 Å². The summed E-state index contributed by atoms with van der Waals surface area (Å²) in [6, 6.07) is 0.117. The van der Waals surface area contributed by atoms with Gasteiger partial charge in [0.25, 0.3) is 0 Å². The summed E-state index contributed by atoms with van der Waals surface area (Å²) in [7, 11) is 0. The summed E-state index contributed by atoms with van der Waals surface area (Å²) in [4.78, 5) is 11.3. The summed E-state index contributed by atoms with van der Waals surface area (Å²) >= 11 is 0. The quantitative estimate of drug-likeness (QED) is 0.407. The van der Waals surface area contributed by atoms with Gasteiger partial charge in [0.05, 0.1) is 12.6 Å². The van der Waals surface area contributed by atoms with Gasteiger partial charge in [-0.1, -0.05) is 53.9 Å². The molecule has 33 heavy (non-hydrogen) atoms. The maximum Gasteiger partial charge on any atom is 0.317 e. The SMILES string of the molecule is CC(C)CCC[C@@H](C)[C@H]1CC[C@H]2[C@H]3CC[C@@H]4C[C@H](O)CC(NCC(=O)O)[C@]4(C)[C@H]3CC[C@]12C. The zero-order valence-electron chi connectivity index (χ0n) is 22.0. The largest absolute Gasteiger partial charge is 0.480 e. The van der Waals surface area contributed by atoms with Crippen LogP contribution in [0, 0.1) is 52.3 Å². The number of aliphatic hydroxyl groups is 1. The Balaban J connectivity index is 1.51. The van der Waals surface area contributed by atoms with E-state index in [0.29, 0.717) is 23.7 Å². The second-order valence-corrected chi connectivity index (χ2v) is 13.5. The van der Waals surface area contributed by atoms with Gasteiger partial charge in [0, 0.05) is 6.04 Å². The van der Waals surface area contributed by atoms with Crippen molar-refractivity contribution in [3.63, 3.8) is 0 Å². The molecule has 0 aliphatic heterocycles. The van der Waals surface area contributed by atoms with Crippen molar-refractivity contribution in [1.29, 1.82) is 0 Å². The van der Waals surface area contributed by atoms with Gasteiger partial charge in [-0.15, -0.1) is 0 Å². The Labute approximate surface area is 202 Å². The summed E-state index contributed by atoms with van der Waals surface area (Å²) in [5, 5.41) is 23.3. The van der Waals surface area contributed by atoms with Gasteiger partial charge in [-0.2, -0.15) is 0 Å². The molecule has 4 nitrogen and oxygen atoms in total. The third kappa shape index (κ3) is 4.65. The molecule has 4 fully saturated rings. The smallest absolute Gasteiger partial charge is 0.317 e. The summed E-state index contributed by atoms with van der Waals surface area (Å²) in [5.41, 5.74) is 0.597. The zero-order chi connectivity index (χ0) is 24.0. The predicted molar refractivity (Wildman–Crippen MR) is 134 cm³/mol. The molecule has 3 N–H and O–H groups in total. The molecule has 190 valence electrons. The molecule has 0 amide bonds. The molecule has 1 unspecified atom stereocenters. The fourth-order valence-electron chi connectivity index (χ4n) is 9.87. The first-order valence-corrected chi connectivity index (χ1v) is 14.2. The number of rotatable bonds is 8. The van der Waals surface area contributed by atoms with Crippen molar-refractivity contribution in [3.8, 4) is 0 Å². The first kappa shape index (κ1) is 25.5. The van der Waals surface area contributed by atoms with Gasteiger partial charge in [-0.3, -0.25) is 4.79 Å². The van der Waals surface area contributed by atoms with E-state index in [1.165, 1.54) is 57.8 Å². The van der Waals surface area contributed by atoms with Crippen LogP contribution in [0.15, 0.2) is 0 Å². The number of aliphatic carboxylic acids is 1. The van der Waals surface area contributed by atoms with Gasteiger partial charge in [0.15, 0.2) is 0 Å². The number of fused-ring (bicyclic) bond motifs is 5. The Hall–Kier alpha value is -0.610. The number of carboxylic acid groups (broad SMARTS) is 1. The van der Waals surface area contributed by atoms with E-state index in [1.807, 2.05) is 0 Å². The third-order valence-electron chi connectivity index (χ3n) is 11.5. The van der Waals surface area contributed by atoms with Crippen molar-refractivity contribution in [3.05, 3.63) is 0 Å². The molecular weight excluding hydrogens is 410 g/mol. The van der Waals surface area contributed by atoms with Crippen LogP contribution >= 0.6 is 0 Å². The van der Waals surface area contributed by atoms with E-state index in [-0.39, 0.29) is 24.1 Å². The molecule has 4 aliphatic carbocycles. The number of aliphatic hydroxyl groups excluding tert-OH is 1. The topological polar surface area (TPSA) is 69.6 Å². The molecule has 0 aromatic rings. The van der Waals surface area contributed by atoms with Gasteiger partial charge in [0.1, 0.15) is 0 Å². The van der Waals surface area contributed by atoms with Crippen LogP contribution in [0.2, 0.25) is 0 Å². The van der Waals surface area contributed by atoms with Crippen LogP contribution in [0.1, 0.15) is 105 Å². The Morgan fingerprint density at radius 2 is 1.76 bits per heavy atom. The number of nitrogens with one attached hydrogen (secondary N) is 1. The fraction of sp³-hybridized carbons (Fsp3) is 0.966. The highest BCUT2D eigenvalue weighted by molar-refractivity contribution is 5.69. The molecule has 0 radical (unpaired) electrons. The van der Waals surface area contributed by atoms with Crippen molar-refractivity contribution in [2.75, 3.05) is 6.54 Å². The molecule has 0 heterocycles. The normalized spacial score (nSPS) is 45.8. The van der Waals surface area contributed by atoms with Crippen LogP contribution in [0.3, 0.4) is 0 Å². The molecule has 0 saturated heterocycles. The minimum Gasteiger partial charge on any atom is -0.480 e. The maximum absolute atomic E-state index is 11.3. The van der Waals surface area contributed by atoms with Crippen LogP contribution in [0.4, 0.5) is 0 Å². The Bertz CT molecular complexity index is 694. The molecule has 10 atom stereocenters. The van der Waals surface area contributed by atoms with E-state index in [1.54, 1.807) is 0 Å². The lowest BCUT2D eigenvalue weighted by Crippen LogP contribution is -2.63. The lowest BCUT2D eigenvalue weighted by molar-refractivity contribution is -0.148. The first-order valence-electron chi connectivity index (χ1n) is 14.2. The van der Waals surface area contributed by atoms with E-state index < -0.39 is 5.97 Å². The first-order chi connectivity index (χ1) is 15.6. The minimum atomic E-state index is -0.788. The second-order valence-electron chi connectivity index (χ2n) is 13.5. The molecule has 4 aliphatic rings. The lowest BCUT2D eigenvalue weighted by atomic mass is 9.43. The fourth-order valence-corrected chi connectivity index (χ4v) is 9.87. The number of hydrogen-bond donors (Lipinski definition) is 3. The van der Waals surface area contributed by atoms with Gasteiger partial charge < -0.3 is 15.5 Å². The van der Waals surface area contributed by atoms with E-state index in [2.05, 4.69) is 39.9 Å². The van der Waals surface area contributed by atoms with Crippen LogP contribution in [-0.2, 0) is 4.79 Å². The van der Waals surface area contributed by atoms with Crippen molar-refractivity contribution in [2.45, 2.75) is 117 Å². The Kier molecular flexibility index (Phi) is 7.57. The monoisotopic (exact) mass is 461 g/mol. The van der Waals surface area contributed by atoms with Crippen LogP contribution in [-0.4, -0.2) is 34.9 Å². The molecule has 0 bridgehead atoms. The van der Waals surface area contributed by atoms with Crippen LogP contribution in [0.5, 0.6) is 0 Å². The third-order valence-corrected chi connectivity index (χ3v) is 11.5. The van der Waals surface area contributed by atoms with E-state index in [0.717, 1.165) is 36.0 Å². The highest BCUT2D eigenvalue weighted by Gasteiger charge is 2.62. The van der Waals surface area contributed by atoms with Gasteiger partial charge in [-0.05, 0) is 104 Å². The zero-order valence-corrected chi connectivity index (χ0v) is 22.0. The maximum atomic E-state index is 11.3. The Morgan fingerprint density at radius 1 is 1.00 bits per heavy atom. The predicted octanol–water partition coefficient (Wildman–Crippen LogP) is 6.12. The van der Waals surface area contributed by atoms with Gasteiger partial charge >= 0.3 is 5.97 Å². The van der Waals surface area contributed by atoms with Crippen molar-refractivity contribution >= 4 is 5.97 Å². The van der Waals surface area contributed by atoms with E-state index in [4.69, 9.17) is 0 Å². The standard InChI is InChI=1S/C29H51NO3/c1-18(2)7-6-8-19(3)23-11-12-24-22-10-9-20-15-21(31)16-26(30-17-27(32)33)29(20,5)25(22)13-14-28(23,24)4/h18-26,30-31H,6-17H2,1-5H3,(H,32,33)/t19-,20-,21+,22-,23-,24+,25+,26?,28-,29+/m1/s1. The highest BCUT2D eigenvalue weighted by Crippen LogP contribution is 2.68. The minimum absolute atomic E-state index is 0.00813. The number of carbonyl (C=O) groups is 1. The van der Waals surface area contributed by atoms with Crippen molar-refractivity contribution in [1.82, 2.24) is 5.32 Å². The summed E-state index contributed by atoms with van der Waals surface area (Å²) in [5.74, 6) is 4.53. The second kappa shape index (κ2) is 9.80. The molecular formula is C29H51NO3. The van der Waals surface area contributed by atoms with Crippen molar-refractivity contribution in [2.24, 2.45) is 52.3 Å². The summed E-state index contributed by atoms with van der Waals surface area (Å²) in [6.07, 6.45) is 13.4.